The van der Waals surface area contributed by atoms with E-state index in [0.29, 0.717) is 5.92 Å². The maximum atomic E-state index is 6.25. The normalized spacial score (nSPS) is 26.9. The van der Waals surface area contributed by atoms with Gasteiger partial charge in [-0.1, -0.05) is 60.3 Å². The maximum absolute atomic E-state index is 6.25. The van der Waals surface area contributed by atoms with Crippen LogP contribution in [0.5, 0.6) is 0 Å². The van der Waals surface area contributed by atoms with Gasteiger partial charge in [-0.2, -0.15) is 0 Å². The van der Waals surface area contributed by atoms with Crippen LogP contribution in [0, 0.1) is 5.92 Å². The molecule has 4 heteroatoms. The predicted octanol–water partition coefficient (Wildman–Crippen LogP) is 6.48. The summed E-state index contributed by atoms with van der Waals surface area (Å²) in [6, 6.07) is 3.36. The van der Waals surface area contributed by atoms with Gasteiger partial charge >= 0.3 is 0 Å². The van der Waals surface area contributed by atoms with Crippen molar-refractivity contribution in [2.75, 3.05) is 6.61 Å². The molecular formula is C20H42O3Si. The topological polar surface area (TPSA) is 27.7 Å². The van der Waals surface area contributed by atoms with Gasteiger partial charge in [-0.3, -0.25) is 4.58 Å². The van der Waals surface area contributed by atoms with Crippen molar-refractivity contribution in [3.05, 3.63) is 0 Å². The Morgan fingerprint density at radius 1 is 1.08 bits per heavy atom. The monoisotopic (exact) mass is 358 g/mol. The van der Waals surface area contributed by atoms with E-state index in [0.717, 1.165) is 37.6 Å². The van der Waals surface area contributed by atoms with Gasteiger partial charge in [-0.25, -0.2) is 4.89 Å². The third-order valence-electron chi connectivity index (χ3n) is 6.34. The van der Waals surface area contributed by atoms with Crippen LogP contribution in [0.2, 0.25) is 18.1 Å². The molecule has 1 heterocycles. The average Bonchev–Trinajstić information content (AvgIpc) is 2.59. The van der Waals surface area contributed by atoms with Crippen molar-refractivity contribution in [1.29, 1.82) is 0 Å². The second-order valence-corrected chi connectivity index (χ2v) is 13.0. The van der Waals surface area contributed by atoms with Crippen LogP contribution in [0.25, 0.3) is 0 Å². The predicted molar refractivity (Wildman–Crippen MR) is 105 cm³/mol. The molecule has 3 atom stereocenters. The van der Waals surface area contributed by atoms with Crippen molar-refractivity contribution in [2.24, 2.45) is 5.92 Å². The van der Waals surface area contributed by atoms with Crippen molar-refractivity contribution in [2.45, 2.75) is 116 Å². The zero-order chi connectivity index (χ0) is 18.3. The minimum absolute atomic E-state index is 0.0578. The van der Waals surface area contributed by atoms with Crippen LogP contribution in [0.15, 0.2) is 0 Å². The Morgan fingerprint density at radius 2 is 1.71 bits per heavy atom. The molecule has 1 aliphatic rings. The van der Waals surface area contributed by atoms with Crippen LogP contribution in [0.1, 0.15) is 87.0 Å². The molecule has 0 aromatic carbocycles. The van der Waals surface area contributed by atoms with Crippen LogP contribution in [0.3, 0.4) is 0 Å². The smallest absolute Gasteiger partial charge is 0.238 e. The van der Waals surface area contributed by atoms with Gasteiger partial charge in [0.2, 0.25) is 8.32 Å². The van der Waals surface area contributed by atoms with Gasteiger partial charge in [-0.15, -0.1) is 0 Å². The highest BCUT2D eigenvalue weighted by Gasteiger charge is 2.47. The summed E-state index contributed by atoms with van der Waals surface area (Å²) in [5.41, 5.74) is -0.299. The van der Waals surface area contributed by atoms with E-state index in [1.165, 1.54) is 25.7 Å². The van der Waals surface area contributed by atoms with Gasteiger partial charge in [0.25, 0.3) is 0 Å². The summed E-state index contributed by atoms with van der Waals surface area (Å²) >= 11 is 0. The third kappa shape index (κ3) is 5.82. The SMILES string of the molecule is CCCCCC[C@](C)(C[C@@]1(C)OC[C@@H]1C)OO[Si](CC)(CC)CC. The first-order chi connectivity index (χ1) is 11.3. The molecule has 0 aromatic rings. The molecular weight excluding hydrogens is 316 g/mol. The first kappa shape index (κ1) is 22.1. The van der Waals surface area contributed by atoms with Gasteiger partial charge in [0.15, 0.2) is 0 Å². The first-order valence-corrected chi connectivity index (χ1v) is 12.8. The second kappa shape index (κ2) is 9.70. The summed E-state index contributed by atoms with van der Waals surface area (Å²) in [7, 11) is -1.73. The molecule has 0 N–H and O–H groups in total. The van der Waals surface area contributed by atoms with E-state index < -0.39 is 8.32 Å². The molecule has 24 heavy (non-hydrogen) atoms. The largest absolute Gasteiger partial charge is 0.374 e. The summed E-state index contributed by atoms with van der Waals surface area (Å²) in [5.74, 6) is 0.599. The minimum Gasteiger partial charge on any atom is -0.374 e. The standard InChI is InChI=1S/C20H42O3Si/c1-8-12-13-14-15-19(6,17-20(7)18(5)16-21-20)22-23-24(9-2,10-3)11-4/h18H,8-17H2,1-7H3/t18-,19+,20+/m0/s1. The summed E-state index contributed by atoms with van der Waals surface area (Å²) in [5, 5.41) is 0. The van der Waals surface area contributed by atoms with Crippen molar-refractivity contribution in [1.82, 2.24) is 0 Å². The van der Waals surface area contributed by atoms with Crippen molar-refractivity contribution in [3.63, 3.8) is 0 Å². The second-order valence-electron chi connectivity index (χ2n) is 8.37. The summed E-state index contributed by atoms with van der Waals surface area (Å²) < 4.78 is 12.2. The van der Waals surface area contributed by atoms with Crippen molar-refractivity contribution >= 4 is 8.32 Å². The zero-order valence-corrected chi connectivity index (χ0v) is 18.4. The lowest BCUT2D eigenvalue weighted by Crippen LogP contribution is -2.55. The number of unbranched alkanes of at least 4 members (excludes halogenated alkanes) is 3. The number of ether oxygens (including phenoxy) is 1. The lowest BCUT2D eigenvalue weighted by atomic mass is 9.76. The molecule has 0 spiro atoms. The Labute approximate surface area is 151 Å². The lowest BCUT2D eigenvalue weighted by Gasteiger charge is -2.49. The van der Waals surface area contributed by atoms with Crippen molar-refractivity contribution < 1.29 is 14.2 Å². The lowest BCUT2D eigenvalue weighted by molar-refractivity contribution is -0.324. The Hall–Kier alpha value is 0.0969. The highest BCUT2D eigenvalue weighted by atomic mass is 28.4. The first-order valence-electron chi connectivity index (χ1n) is 10.3. The Morgan fingerprint density at radius 3 is 2.12 bits per heavy atom. The van der Waals surface area contributed by atoms with Gasteiger partial charge in [0.05, 0.1) is 12.2 Å². The highest BCUT2D eigenvalue weighted by molar-refractivity contribution is 6.73. The van der Waals surface area contributed by atoms with Crippen molar-refractivity contribution in [3.8, 4) is 0 Å². The van der Waals surface area contributed by atoms with Gasteiger partial charge in [0.1, 0.15) is 5.60 Å². The van der Waals surface area contributed by atoms with E-state index in [2.05, 4.69) is 48.5 Å². The van der Waals surface area contributed by atoms with E-state index >= 15 is 0 Å². The van der Waals surface area contributed by atoms with Crippen LogP contribution < -0.4 is 0 Å². The molecule has 0 unspecified atom stereocenters. The number of rotatable bonds is 13. The maximum Gasteiger partial charge on any atom is 0.238 e. The van der Waals surface area contributed by atoms with E-state index in [1.54, 1.807) is 0 Å². The molecule has 0 bridgehead atoms. The molecule has 1 aliphatic heterocycles. The fourth-order valence-electron chi connectivity index (χ4n) is 3.70. The van der Waals surface area contributed by atoms with Crippen LogP contribution in [-0.4, -0.2) is 26.1 Å². The van der Waals surface area contributed by atoms with E-state index in [9.17, 15) is 0 Å². The number of hydrogen-bond acceptors (Lipinski definition) is 3. The van der Waals surface area contributed by atoms with Crippen LogP contribution in [0.4, 0.5) is 0 Å². The fraction of sp³-hybridized carbons (Fsp3) is 1.00. The molecule has 144 valence electrons. The third-order valence-corrected chi connectivity index (χ3v) is 10.6. The molecule has 0 aromatic heterocycles. The molecule has 0 saturated carbocycles. The summed E-state index contributed by atoms with van der Waals surface area (Å²) in [4.78, 5) is 6.25. The van der Waals surface area contributed by atoms with Crippen LogP contribution in [-0.2, 0) is 14.2 Å². The molecule has 1 rings (SSSR count). The summed E-state index contributed by atoms with van der Waals surface area (Å²) in [6.45, 7) is 16.6. The van der Waals surface area contributed by atoms with E-state index in [-0.39, 0.29) is 11.2 Å². The highest BCUT2D eigenvalue weighted by Crippen LogP contribution is 2.42. The molecule has 3 nitrogen and oxygen atoms in total. The van der Waals surface area contributed by atoms with Gasteiger partial charge < -0.3 is 4.74 Å². The fourth-order valence-corrected chi connectivity index (χ4v) is 5.93. The van der Waals surface area contributed by atoms with Gasteiger partial charge in [-0.05, 0) is 38.4 Å². The minimum atomic E-state index is -1.73. The molecule has 1 fully saturated rings. The van der Waals surface area contributed by atoms with Crippen LogP contribution >= 0.6 is 0 Å². The molecule has 0 radical (unpaired) electrons. The van der Waals surface area contributed by atoms with E-state index in [4.69, 9.17) is 14.2 Å². The Balaban J connectivity index is 2.72. The average molecular weight is 359 g/mol. The number of hydrogen-bond donors (Lipinski definition) is 0. The molecule has 0 amide bonds. The summed E-state index contributed by atoms with van der Waals surface area (Å²) in [6.07, 6.45) is 7.04. The Kier molecular flexibility index (Phi) is 8.95. The zero-order valence-electron chi connectivity index (χ0n) is 17.4. The quantitative estimate of drug-likeness (QED) is 0.163. The Bertz CT molecular complexity index is 351. The molecule has 1 saturated heterocycles. The van der Waals surface area contributed by atoms with Gasteiger partial charge in [0, 0.05) is 12.3 Å². The molecule has 0 aliphatic carbocycles. The van der Waals surface area contributed by atoms with E-state index in [1.807, 2.05) is 0 Å².